The molecule has 1 aliphatic rings. The van der Waals surface area contributed by atoms with Crippen LogP contribution < -0.4 is 15.0 Å². The number of anilines is 1. The van der Waals surface area contributed by atoms with Crippen molar-refractivity contribution < 1.29 is 14.3 Å². The summed E-state index contributed by atoms with van der Waals surface area (Å²) in [5.41, 5.74) is 1.86. The summed E-state index contributed by atoms with van der Waals surface area (Å²) in [7, 11) is 0. The van der Waals surface area contributed by atoms with Crippen molar-refractivity contribution >= 4 is 17.5 Å². The maximum Gasteiger partial charge on any atom is 0.258 e. The molecule has 5 nitrogen and oxygen atoms in total. The average molecular weight is 324 g/mol. The highest BCUT2D eigenvalue weighted by Gasteiger charge is 2.21. The number of rotatable bonds is 6. The van der Waals surface area contributed by atoms with E-state index in [0.717, 1.165) is 24.2 Å². The molecule has 1 heterocycles. The molecule has 0 saturated carbocycles. The first kappa shape index (κ1) is 16.1. The molecule has 2 aromatic carbocycles. The summed E-state index contributed by atoms with van der Waals surface area (Å²) in [5.74, 6) is 0.538. The van der Waals surface area contributed by atoms with Gasteiger partial charge in [-0.1, -0.05) is 36.4 Å². The van der Waals surface area contributed by atoms with Gasteiger partial charge in [0.15, 0.2) is 6.61 Å². The van der Waals surface area contributed by atoms with Crippen LogP contribution in [0.25, 0.3) is 0 Å². The van der Waals surface area contributed by atoms with Gasteiger partial charge in [0, 0.05) is 31.3 Å². The molecule has 24 heavy (non-hydrogen) atoms. The van der Waals surface area contributed by atoms with Crippen LogP contribution >= 0.6 is 0 Å². The lowest BCUT2D eigenvalue weighted by Crippen LogP contribution is -2.28. The van der Waals surface area contributed by atoms with Crippen LogP contribution in [0.4, 0.5) is 5.69 Å². The Labute approximate surface area is 141 Å². The first-order valence-corrected chi connectivity index (χ1v) is 8.06. The molecule has 2 amide bonds. The average Bonchev–Trinajstić information content (AvgIpc) is 3.05. The Bertz CT molecular complexity index is 716. The van der Waals surface area contributed by atoms with Gasteiger partial charge >= 0.3 is 0 Å². The molecular weight excluding hydrogens is 304 g/mol. The maximum atomic E-state index is 11.9. The van der Waals surface area contributed by atoms with E-state index in [0.29, 0.717) is 18.7 Å². The Morgan fingerprint density at radius 2 is 1.96 bits per heavy atom. The van der Waals surface area contributed by atoms with E-state index >= 15 is 0 Å². The molecule has 1 fully saturated rings. The second kappa shape index (κ2) is 7.64. The van der Waals surface area contributed by atoms with Crippen molar-refractivity contribution in [2.45, 2.75) is 19.4 Å². The second-order valence-corrected chi connectivity index (χ2v) is 5.70. The first-order valence-electron chi connectivity index (χ1n) is 8.06. The zero-order valence-corrected chi connectivity index (χ0v) is 13.4. The molecule has 0 radical (unpaired) electrons. The molecule has 1 saturated heterocycles. The molecule has 2 aromatic rings. The molecule has 0 aromatic heterocycles. The Morgan fingerprint density at radius 3 is 2.71 bits per heavy atom. The number of benzene rings is 2. The lowest BCUT2D eigenvalue weighted by molar-refractivity contribution is -0.123. The topological polar surface area (TPSA) is 58.6 Å². The van der Waals surface area contributed by atoms with E-state index < -0.39 is 0 Å². The number of carbonyl (C=O) groups is 2. The monoisotopic (exact) mass is 324 g/mol. The summed E-state index contributed by atoms with van der Waals surface area (Å²) >= 11 is 0. The highest BCUT2D eigenvalue weighted by Crippen LogP contribution is 2.25. The van der Waals surface area contributed by atoms with Gasteiger partial charge in [-0.15, -0.1) is 0 Å². The third-order valence-corrected chi connectivity index (χ3v) is 3.91. The Morgan fingerprint density at radius 1 is 1.12 bits per heavy atom. The molecule has 0 aliphatic carbocycles. The fourth-order valence-electron chi connectivity index (χ4n) is 2.66. The van der Waals surface area contributed by atoms with Crippen LogP contribution in [0.15, 0.2) is 54.6 Å². The fourth-order valence-corrected chi connectivity index (χ4v) is 2.66. The SMILES string of the molecule is O=C(COc1cccc(N2CCCC2=O)c1)NCc1ccccc1. The molecule has 1 aliphatic heterocycles. The third-order valence-electron chi connectivity index (χ3n) is 3.91. The summed E-state index contributed by atoms with van der Waals surface area (Å²) in [4.78, 5) is 25.4. The molecule has 0 bridgehead atoms. The number of carbonyl (C=O) groups excluding carboxylic acids is 2. The van der Waals surface area contributed by atoms with Crippen molar-refractivity contribution in [2.24, 2.45) is 0 Å². The van der Waals surface area contributed by atoms with Crippen LogP contribution in [0, 0.1) is 0 Å². The molecule has 0 spiro atoms. The number of amides is 2. The van der Waals surface area contributed by atoms with E-state index in [1.165, 1.54) is 0 Å². The van der Waals surface area contributed by atoms with Crippen molar-refractivity contribution in [1.29, 1.82) is 0 Å². The van der Waals surface area contributed by atoms with E-state index in [4.69, 9.17) is 4.74 Å². The molecule has 1 N–H and O–H groups in total. The van der Waals surface area contributed by atoms with Gasteiger partial charge in [-0.2, -0.15) is 0 Å². The number of nitrogens with zero attached hydrogens (tertiary/aromatic N) is 1. The standard InChI is InChI=1S/C19H20N2O3/c22-18(20-13-15-6-2-1-3-7-15)14-24-17-9-4-8-16(12-17)21-11-5-10-19(21)23/h1-4,6-9,12H,5,10-11,13-14H2,(H,20,22). The van der Waals surface area contributed by atoms with Gasteiger partial charge in [0.25, 0.3) is 5.91 Å². The second-order valence-electron chi connectivity index (χ2n) is 5.70. The van der Waals surface area contributed by atoms with Crippen molar-refractivity contribution in [1.82, 2.24) is 5.32 Å². The van der Waals surface area contributed by atoms with Crippen LogP contribution in [0.5, 0.6) is 5.75 Å². The molecule has 0 atom stereocenters. The summed E-state index contributed by atoms with van der Waals surface area (Å²) in [5, 5.41) is 2.82. The molecule has 124 valence electrons. The zero-order chi connectivity index (χ0) is 16.8. The van der Waals surface area contributed by atoms with Crippen LogP contribution in [0.3, 0.4) is 0 Å². The van der Waals surface area contributed by atoms with Crippen molar-refractivity contribution in [2.75, 3.05) is 18.1 Å². The van der Waals surface area contributed by atoms with Gasteiger partial charge in [-0.05, 0) is 24.1 Å². The number of hydrogen-bond donors (Lipinski definition) is 1. The van der Waals surface area contributed by atoms with Gasteiger partial charge < -0.3 is 15.0 Å². The largest absolute Gasteiger partial charge is 0.484 e. The lowest BCUT2D eigenvalue weighted by atomic mass is 10.2. The summed E-state index contributed by atoms with van der Waals surface area (Å²) in [6.07, 6.45) is 1.47. The van der Waals surface area contributed by atoms with Crippen molar-refractivity contribution in [3.05, 3.63) is 60.2 Å². The summed E-state index contributed by atoms with van der Waals surface area (Å²) < 4.78 is 5.54. The van der Waals surface area contributed by atoms with Gasteiger partial charge in [-0.25, -0.2) is 0 Å². The third kappa shape index (κ3) is 4.13. The van der Waals surface area contributed by atoms with E-state index in [-0.39, 0.29) is 18.4 Å². The summed E-state index contributed by atoms with van der Waals surface area (Å²) in [6.45, 7) is 1.16. The summed E-state index contributed by atoms with van der Waals surface area (Å²) in [6, 6.07) is 17.0. The lowest BCUT2D eigenvalue weighted by Gasteiger charge is -2.16. The highest BCUT2D eigenvalue weighted by molar-refractivity contribution is 5.95. The minimum absolute atomic E-state index is 0.0514. The van der Waals surface area contributed by atoms with Gasteiger partial charge in [0.1, 0.15) is 5.75 Å². The minimum atomic E-state index is -0.179. The predicted octanol–water partition coefficient (Wildman–Crippen LogP) is 2.51. The number of hydrogen-bond acceptors (Lipinski definition) is 3. The smallest absolute Gasteiger partial charge is 0.258 e. The molecular formula is C19H20N2O3. The number of ether oxygens (including phenoxy) is 1. The van der Waals surface area contributed by atoms with Gasteiger partial charge in [0.05, 0.1) is 0 Å². The number of nitrogens with one attached hydrogen (secondary N) is 1. The molecule has 0 unspecified atom stereocenters. The van der Waals surface area contributed by atoms with E-state index in [2.05, 4.69) is 5.32 Å². The fraction of sp³-hybridized carbons (Fsp3) is 0.263. The van der Waals surface area contributed by atoms with E-state index in [1.54, 1.807) is 17.0 Å². The minimum Gasteiger partial charge on any atom is -0.484 e. The first-order chi connectivity index (χ1) is 11.7. The quantitative estimate of drug-likeness (QED) is 0.888. The Kier molecular flexibility index (Phi) is 5.11. The van der Waals surface area contributed by atoms with Crippen molar-refractivity contribution in [3.8, 4) is 5.75 Å². The maximum absolute atomic E-state index is 11.9. The van der Waals surface area contributed by atoms with E-state index in [1.807, 2.05) is 42.5 Å². The normalized spacial score (nSPS) is 13.8. The van der Waals surface area contributed by atoms with Crippen molar-refractivity contribution in [3.63, 3.8) is 0 Å². The van der Waals surface area contributed by atoms with E-state index in [9.17, 15) is 9.59 Å². The molecule has 3 rings (SSSR count). The zero-order valence-electron chi connectivity index (χ0n) is 13.4. The van der Waals surface area contributed by atoms with Gasteiger partial charge in [-0.3, -0.25) is 9.59 Å². The van der Waals surface area contributed by atoms with Gasteiger partial charge in [0.2, 0.25) is 5.91 Å². The molecule has 5 heteroatoms. The Hall–Kier alpha value is -2.82. The highest BCUT2D eigenvalue weighted by atomic mass is 16.5. The predicted molar refractivity (Wildman–Crippen MR) is 91.8 cm³/mol. The van der Waals surface area contributed by atoms with Crippen LogP contribution in [-0.2, 0) is 16.1 Å². The van der Waals surface area contributed by atoms with Crippen LogP contribution in [-0.4, -0.2) is 25.0 Å². The Balaban J connectivity index is 1.51. The van der Waals surface area contributed by atoms with Crippen LogP contribution in [0.2, 0.25) is 0 Å². The van der Waals surface area contributed by atoms with Crippen LogP contribution in [0.1, 0.15) is 18.4 Å².